The van der Waals surface area contributed by atoms with E-state index in [-0.39, 0.29) is 0 Å². The number of ether oxygens (including phenoxy) is 1. The number of rotatable bonds is 6. The van der Waals surface area contributed by atoms with E-state index in [4.69, 9.17) is 10.5 Å². The van der Waals surface area contributed by atoms with E-state index < -0.39 is 0 Å². The highest BCUT2D eigenvalue weighted by Gasteiger charge is 2.15. The van der Waals surface area contributed by atoms with Gasteiger partial charge in [0, 0.05) is 12.6 Å². The first kappa shape index (κ1) is 13.0. The van der Waals surface area contributed by atoms with Gasteiger partial charge in [0.15, 0.2) is 0 Å². The average Bonchev–Trinajstić information content (AvgIpc) is 2.36. The normalized spacial score (nSPS) is 12.8. The molecule has 0 aromatic heterocycles. The van der Waals surface area contributed by atoms with Crippen molar-refractivity contribution in [2.75, 3.05) is 26.7 Å². The van der Waals surface area contributed by atoms with Gasteiger partial charge in [-0.15, -0.1) is 0 Å². The molecule has 0 unspecified atom stereocenters. The van der Waals surface area contributed by atoms with Crippen LogP contribution in [-0.4, -0.2) is 31.6 Å². The zero-order valence-corrected chi connectivity index (χ0v) is 10.4. The van der Waals surface area contributed by atoms with Crippen LogP contribution in [0.15, 0.2) is 24.3 Å². The summed E-state index contributed by atoms with van der Waals surface area (Å²) in [5, 5.41) is 0. The van der Waals surface area contributed by atoms with Crippen molar-refractivity contribution < 1.29 is 4.74 Å². The van der Waals surface area contributed by atoms with Gasteiger partial charge in [-0.05, 0) is 30.8 Å². The lowest BCUT2D eigenvalue weighted by molar-refractivity contribution is 0.224. The van der Waals surface area contributed by atoms with E-state index in [0.29, 0.717) is 12.6 Å². The molecule has 0 amide bonds. The van der Waals surface area contributed by atoms with E-state index in [1.807, 2.05) is 12.1 Å². The Bertz CT molecular complexity index is 293. The molecule has 0 saturated heterocycles. The van der Waals surface area contributed by atoms with Crippen LogP contribution < -0.4 is 10.5 Å². The summed E-state index contributed by atoms with van der Waals surface area (Å²) >= 11 is 0. The number of methoxy groups -OCH3 is 1. The molecule has 0 aliphatic rings. The molecule has 0 spiro atoms. The fraction of sp³-hybridized carbons (Fsp3) is 0.538. The third-order valence-electron chi connectivity index (χ3n) is 2.98. The van der Waals surface area contributed by atoms with Gasteiger partial charge in [0.25, 0.3) is 0 Å². The molecular weight excluding hydrogens is 200 g/mol. The monoisotopic (exact) mass is 222 g/mol. The number of benzene rings is 1. The van der Waals surface area contributed by atoms with E-state index in [1.165, 1.54) is 5.56 Å². The quantitative estimate of drug-likeness (QED) is 0.800. The van der Waals surface area contributed by atoms with Crippen molar-refractivity contribution in [3.8, 4) is 5.75 Å². The van der Waals surface area contributed by atoms with Gasteiger partial charge in [0.1, 0.15) is 5.75 Å². The summed E-state index contributed by atoms with van der Waals surface area (Å²) in [6, 6.07) is 8.47. The van der Waals surface area contributed by atoms with Gasteiger partial charge in [-0.25, -0.2) is 0 Å². The van der Waals surface area contributed by atoms with E-state index in [1.54, 1.807) is 7.11 Å². The molecule has 0 fully saturated rings. The number of hydrogen-bond donors (Lipinski definition) is 1. The van der Waals surface area contributed by atoms with Crippen LogP contribution in [0, 0.1) is 0 Å². The fourth-order valence-corrected chi connectivity index (χ4v) is 1.99. The lowest BCUT2D eigenvalue weighted by atomic mass is 10.1. The molecule has 0 saturated carbocycles. The van der Waals surface area contributed by atoms with Crippen LogP contribution in [0.5, 0.6) is 5.75 Å². The minimum absolute atomic E-state index is 0.306. The first-order valence-electron chi connectivity index (χ1n) is 5.84. The van der Waals surface area contributed by atoms with Gasteiger partial charge in [0.2, 0.25) is 0 Å². The van der Waals surface area contributed by atoms with Crippen molar-refractivity contribution in [3.63, 3.8) is 0 Å². The predicted molar refractivity (Wildman–Crippen MR) is 67.7 cm³/mol. The van der Waals surface area contributed by atoms with Crippen LogP contribution in [0.25, 0.3) is 0 Å². The number of nitrogens with zero attached hydrogens (tertiary/aromatic N) is 1. The highest BCUT2D eigenvalue weighted by molar-refractivity contribution is 5.29. The van der Waals surface area contributed by atoms with Crippen molar-refractivity contribution >= 4 is 0 Å². The second-order valence-electron chi connectivity index (χ2n) is 3.75. The maximum Gasteiger partial charge on any atom is 0.118 e. The van der Waals surface area contributed by atoms with Crippen LogP contribution in [0.3, 0.4) is 0 Å². The molecule has 16 heavy (non-hydrogen) atoms. The second kappa shape index (κ2) is 6.51. The molecule has 0 heterocycles. The third kappa shape index (κ3) is 2.97. The molecule has 1 aromatic carbocycles. The molecular formula is C13H22N2O. The Labute approximate surface area is 98.2 Å². The van der Waals surface area contributed by atoms with Crippen molar-refractivity contribution in [3.05, 3.63) is 29.8 Å². The molecule has 1 rings (SSSR count). The summed E-state index contributed by atoms with van der Waals surface area (Å²) < 4.78 is 5.15. The van der Waals surface area contributed by atoms with Gasteiger partial charge in [-0.3, -0.25) is 4.90 Å². The molecule has 0 radical (unpaired) electrons. The summed E-state index contributed by atoms with van der Waals surface area (Å²) in [5.41, 5.74) is 7.11. The number of hydrogen-bond acceptors (Lipinski definition) is 3. The fourth-order valence-electron chi connectivity index (χ4n) is 1.99. The van der Waals surface area contributed by atoms with Gasteiger partial charge in [-0.1, -0.05) is 26.0 Å². The summed E-state index contributed by atoms with van der Waals surface area (Å²) in [4.78, 5) is 2.36. The van der Waals surface area contributed by atoms with E-state index in [2.05, 4.69) is 30.9 Å². The van der Waals surface area contributed by atoms with Crippen LogP contribution in [0.2, 0.25) is 0 Å². The van der Waals surface area contributed by atoms with Crippen molar-refractivity contribution in [2.24, 2.45) is 5.73 Å². The van der Waals surface area contributed by atoms with Crippen molar-refractivity contribution in [1.29, 1.82) is 0 Å². The zero-order chi connectivity index (χ0) is 12.0. The lowest BCUT2D eigenvalue weighted by Crippen LogP contribution is -2.33. The Hall–Kier alpha value is -1.06. The summed E-state index contributed by atoms with van der Waals surface area (Å²) in [5.74, 6) is 0.888. The van der Waals surface area contributed by atoms with Gasteiger partial charge in [0.05, 0.1) is 7.11 Å². The van der Waals surface area contributed by atoms with Crippen molar-refractivity contribution in [2.45, 2.75) is 19.9 Å². The molecule has 1 atom stereocenters. The summed E-state index contributed by atoms with van der Waals surface area (Å²) in [6.45, 7) is 7.01. The standard InChI is InChI=1S/C13H22N2O/c1-4-15(5-2)13(10-14)11-6-8-12(16-3)9-7-11/h6-9,13H,4-5,10,14H2,1-3H3/t13-/m0/s1. The Morgan fingerprint density at radius 3 is 2.12 bits per heavy atom. The van der Waals surface area contributed by atoms with Crippen LogP contribution in [0.1, 0.15) is 25.5 Å². The van der Waals surface area contributed by atoms with Crippen LogP contribution in [0.4, 0.5) is 0 Å². The highest BCUT2D eigenvalue weighted by atomic mass is 16.5. The smallest absolute Gasteiger partial charge is 0.118 e. The molecule has 3 nitrogen and oxygen atoms in total. The molecule has 90 valence electrons. The SMILES string of the molecule is CCN(CC)[C@@H](CN)c1ccc(OC)cc1. The third-order valence-corrected chi connectivity index (χ3v) is 2.98. The topological polar surface area (TPSA) is 38.5 Å². The molecule has 0 aliphatic carbocycles. The largest absolute Gasteiger partial charge is 0.497 e. The molecule has 1 aromatic rings. The first-order valence-corrected chi connectivity index (χ1v) is 5.84. The molecule has 0 bridgehead atoms. The minimum atomic E-state index is 0.306. The summed E-state index contributed by atoms with van der Waals surface area (Å²) in [7, 11) is 1.68. The Balaban J connectivity index is 2.85. The molecule has 0 aliphatic heterocycles. The second-order valence-corrected chi connectivity index (χ2v) is 3.75. The highest BCUT2D eigenvalue weighted by Crippen LogP contribution is 2.21. The maximum atomic E-state index is 5.85. The Kier molecular flexibility index (Phi) is 5.29. The van der Waals surface area contributed by atoms with Crippen LogP contribution in [-0.2, 0) is 0 Å². The molecule has 3 heteroatoms. The zero-order valence-electron chi connectivity index (χ0n) is 10.4. The van der Waals surface area contributed by atoms with E-state index in [9.17, 15) is 0 Å². The van der Waals surface area contributed by atoms with Crippen LogP contribution >= 0.6 is 0 Å². The van der Waals surface area contributed by atoms with E-state index in [0.717, 1.165) is 18.8 Å². The number of likely N-dealkylation sites (N-methyl/N-ethyl adjacent to an activating group) is 1. The van der Waals surface area contributed by atoms with Gasteiger partial charge >= 0.3 is 0 Å². The average molecular weight is 222 g/mol. The van der Waals surface area contributed by atoms with Gasteiger partial charge in [-0.2, -0.15) is 0 Å². The molecule has 2 N–H and O–H groups in total. The van der Waals surface area contributed by atoms with E-state index >= 15 is 0 Å². The Morgan fingerprint density at radius 1 is 1.19 bits per heavy atom. The lowest BCUT2D eigenvalue weighted by Gasteiger charge is -2.29. The van der Waals surface area contributed by atoms with Crippen molar-refractivity contribution in [1.82, 2.24) is 4.90 Å². The van der Waals surface area contributed by atoms with Gasteiger partial charge < -0.3 is 10.5 Å². The number of nitrogens with two attached hydrogens (primary N) is 1. The first-order chi connectivity index (χ1) is 7.76. The summed E-state index contributed by atoms with van der Waals surface area (Å²) in [6.07, 6.45) is 0. The maximum absolute atomic E-state index is 5.85. The minimum Gasteiger partial charge on any atom is -0.497 e. The predicted octanol–water partition coefficient (Wildman–Crippen LogP) is 2.04. The Morgan fingerprint density at radius 2 is 1.75 bits per heavy atom.